The van der Waals surface area contributed by atoms with E-state index in [1.165, 1.54) is 6.07 Å². The van der Waals surface area contributed by atoms with Gasteiger partial charge in [-0.2, -0.15) is 5.10 Å². The number of rotatable bonds is 6. The summed E-state index contributed by atoms with van der Waals surface area (Å²) >= 11 is 0. The Hall–Kier alpha value is -3.58. The lowest BCUT2D eigenvalue weighted by molar-refractivity contribution is -0.121. The number of fused-ring (bicyclic) bond motifs is 1. The van der Waals surface area contributed by atoms with Crippen molar-refractivity contribution in [3.8, 4) is 11.1 Å². The smallest absolute Gasteiger partial charge is 0.251 e. The summed E-state index contributed by atoms with van der Waals surface area (Å²) in [5.41, 5.74) is 2.88. The van der Waals surface area contributed by atoms with Gasteiger partial charge in [-0.05, 0) is 41.0 Å². The Morgan fingerprint density at radius 3 is 2.52 bits per heavy atom. The minimum absolute atomic E-state index is 0.101. The SMILES string of the molecule is O=C(COCc1ccccc1)Nc1n[nH]c2cc(-c3ccc(F)c(F)c3)ccc12. The summed E-state index contributed by atoms with van der Waals surface area (Å²) in [6.45, 7) is 0.239. The molecule has 1 aromatic heterocycles. The number of nitrogens with one attached hydrogen (secondary N) is 2. The zero-order valence-corrected chi connectivity index (χ0v) is 15.3. The average Bonchev–Trinajstić information content (AvgIpc) is 3.13. The van der Waals surface area contributed by atoms with Crippen molar-refractivity contribution < 1.29 is 18.3 Å². The minimum atomic E-state index is -0.907. The molecule has 4 aromatic rings. The number of ether oxygens (including phenoxy) is 1. The maximum Gasteiger partial charge on any atom is 0.251 e. The van der Waals surface area contributed by atoms with Gasteiger partial charge in [-0.25, -0.2) is 8.78 Å². The number of nitrogens with zero attached hydrogens (tertiary/aromatic N) is 1. The highest BCUT2D eigenvalue weighted by molar-refractivity contribution is 6.01. The number of hydrogen-bond donors (Lipinski definition) is 2. The first-order valence-corrected chi connectivity index (χ1v) is 8.95. The Balaban J connectivity index is 1.43. The fourth-order valence-corrected chi connectivity index (χ4v) is 2.97. The quantitative estimate of drug-likeness (QED) is 0.501. The molecule has 0 aliphatic carbocycles. The second-order valence-electron chi connectivity index (χ2n) is 6.49. The molecule has 0 saturated heterocycles. The third-order valence-corrected chi connectivity index (χ3v) is 4.42. The van der Waals surface area contributed by atoms with Crippen molar-refractivity contribution in [2.24, 2.45) is 0 Å². The van der Waals surface area contributed by atoms with Crippen LogP contribution in [0.3, 0.4) is 0 Å². The number of benzene rings is 3. The van der Waals surface area contributed by atoms with E-state index in [9.17, 15) is 13.6 Å². The summed E-state index contributed by atoms with van der Waals surface area (Å²) in [4.78, 5) is 12.1. The zero-order chi connectivity index (χ0) is 20.2. The lowest BCUT2D eigenvalue weighted by Gasteiger charge is -2.05. The molecule has 0 aliphatic rings. The van der Waals surface area contributed by atoms with Gasteiger partial charge in [0.05, 0.1) is 12.1 Å². The predicted molar refractivity (Wildman–Crippen MR) is 106 cm³/mol. The first-order valence-electron chi connectivity index (χ1n) is 8.95. The van der Waals surface area contributed by atoms with Gasteiger partial charge in [-0.1, -0.05) is 42.5 Å². The van der Waals surface area contributed by atoms with Gasteiger partial charge in [-0.3, -0.25) is 9.89 Å². The van der Waals surface area contributed by atoms with Crippen molar-refractivity contribution in [1.82, 2.24) is 10.2 Å². The normalized spacial score (nSPS) is 11.0. The number of hydrogen-bond acceptors (Lipinski definition) is 3. The molecule has 0 unspecified atom stereocenters. The van der Waals surface area contributed by atoms with Crippen LogP contribution < -0.4 is 5.32 Å². The van der Waals surface area contributed by atoms with E-state index in [4.69, 9.17) is 4.74 Å². The lowest BCUT2D eigenvalue weighted by atomic mass is 10.0. The second-order valence-corrected chi connectivity index (χ2v) is 6.49. The lowest BCUT2D eigenvalue weighted by Crippen LogP contribution is -2.18. The molecule has 0 aliphatic heterocycles. The van der Waals surface area contributed by atoms with Crippen LogP contribution in [0.25, 0.3) is 22.0 Å². The van der Waals surface area contributed by atoms with Crippen LogP contribution in [0.15, 0.2) is 66.7 Å². The van der Waals surface area contributed by atoms with Gasteiger partial charge in [0.1, 0.15) is 6.61 Å². The Kier molecular flexibility index (Phi) is 5.31. The molecule has 0 fully saturated rings. The van der Waals surface area contributed by atoms with Crippen molar-refractivity contribution in [3.63, 3.8) is 0 Å². The third kappa shape index (κ3) is 4.30. The van der Waals surface area contributed by atoms with E-state index in [0.717, 1.165) is 17.7 Å². The van der Waals surface area contributed by atoms with E-state index in [2.05, 4.69) is 15.5 Å². The van der Waals surface area contributed by atoms with Crippen molar-refractivity contribution >= 4 is 22.6 Å². The average molecular weight is 393 g/mol. The number of aromatic amines is 1. The molecule has 3 aromatic carbocycles. The summed E-state index contributed by atoms with van der Waals surface area (Å²) in [5, 5.41) is 10.4. The zero-order valence-electron chi connectivity index (χ0n) is 15.3. The molecule has 4 rings (SSSR count). The molecule has 29 heavy (non-hydrogen) atoms. The van der Waals surface area contributed by atoms with Gasteiger partial charge in [-0.15, -0.1) is 0 Å². The fourth-order valence-electron chi connectivity index (χ4n) is 2.97. The van der Waals surface area contributed by atoms with Crippen LogP contribution in [0.4, 0.5) is 14.6 Å². The van der Waals surface area contributed by atoms with Crippen molar-refractivity contribution in [2.45, 2.75) is 6.61 Å². The molecule has 1 amide bonds. The molecular formula is C22H17F2N3O2. The molecule has 7 heteroatoms. The van der Waals surface area contributed by atoms with Crippen molar-refractivity contribution in [3.05, 3.63) is 83.9 Å². The van der Waals surface area contributed by atoms with Crippen molar-refractivity contribution in [1.29, 1.82) is 0 Å². The topological polar surface area (TPSA) is 67.0 Å². The van der Waals surface area contributed by atoms with Crippen LogP contribution in [-0.4, -0.2) is 22.7 Å². The Labute approximate surface area is 165 Å². The van der Waals surface area contributed by atoms with Gasteiger partial charge in [0.15, 0.2) is 17.5 Å². The maximum atomic E-state index is 13.5. The number of amides is 1. The summed E-state index contributed by atoms with van der Waals surface area (Å²) in [6.07, 6.45) is 0. The van der Waals surface area contributed by atoms with Gasteiger partial charge >= 0.3 is 0 Å². The number of aromatic nitrogens is 2. The molecule has 146 valence electrons. The number of carbonyl (C=O) groups excluding carboxylic acids is 1. The van der Waals surface area contributed by atoms with Gasteiger partial charge in [0, 0.05) is 5.39 Å². The summed E-state index contributed by atoms with van der Waals surface area (Å²) in [6, 6.07) is 18.6. The van der Waals surface area contributed by atoms with Crippen LogP contribution in [0.1, 0.15) is 5.56 Å². The number of H-pyrrole nitrogens is 1. The highest BCUT2D eigenvalue weighted by Crippen LogP contribution is 2.28. The van der Waals surface area contributed by atoms with Crippen molar-refractivity contribution in [2.75, 3.05) is 11.9 Å². The fraction of sp³-hybridized carbons (Fsp3) is 0.0909. The van der Waals surface area contributed by atoms with Crippen LogP contribution in [0.2, 0.25) is 0 Å². The highest BCUT2D eigenvalue weighted by Gasteiger charge is 2.11. The van der Waals surface area contributed by atoms with Gasteiger partial charge in [0.2, 0.25) is 0 Å². The van der Waals surface area contributed by atoms with Crippen LogP contribution in [0, 0.1) is 11.6 Å². The first-order chi connectivity index (χ1) is 14.1. The van der Waals surface area contributed by atoms with Crippen LogP contribution in [-0.2, 0) is 16.1 Å². The summed E-state index contributed by atoms with van der Waals surface area (Å²) < 4.78 is 32.0. The standard InChI is InChI=1S/C22H17F2N3O2/c23-18-9-7-15(10-19(18)24)16-6-8-17-20(11-16)26-27-22(17)25-21(28)13-29-12-14-4-2-1-3-5-14/h1-11H,12-13H2,(H2,25,26,27,28). The van der Waals surface area contributed by atoms with E-state index in [1.54, 1.807) is 18.2 Å². The number of anilines is 1. The van der Waals surface area contributed by atoms with E-state index < -0.39 is 11.6 Å². The molecule has 0 radical (unpaired) electrons. The molecule has 0 bridgehead atoms. The van der Waals surface area contributed by atoms with Crippen LogP contribution >= 0.6 is 0 Å². The van der Waals surface area contributed by atoms with Gasteiger partial charge < -0.3 is 10.1 Å². The maximum absolute atomic E-state index is 13.5. The molecule has 1 heterocycles. The highest BCUT2D eigenvalue weighted by atomic mass is 19.2. The first kappa shape index (κ1) is 18.8. The van der Waals surface area contributed by atoms with Crippen LogP contribution in [0.5, 0.6) is 0 Å². The second kappa shape index (κ2) is 8.20. The molecule has 0 saturated carbocycles. The largest absolute Gasteiger partial charge is 0.367 e. The predicted octanol–water partition coefficient (Wildman–Crippen LogP) is 4.66. The molecule has 0 spiro atoms. The molecular weight excluding hydrogens is 376 g/mol. The molecule has 5 nitrogen and oxygen atoms in total. The Morgan fingerprint density at radius 2 is 1.72 bits per heavy atom. The van der Waals surface area contributed by atoms with E-state index in [-0.39, 0.29) is 12.5 Å². The van der Waals surface area contributed by atoms with E-state index >= 15 is 0 Å². The number of halogens is 2. The minimum Gasteiger partial charge on any atom is -0.367 e. The van der Waals surface area contributed by atoms with Gasteiger partial charge in [0.25, 0.3) is 5.91 Å². The molecule has 2 N–H and O–H groups in total. The summed E-state index contributed by atoms with van der Waals surface area (Å²) in [5.74, 6) is -1.74. The Bertz CT molecular complexity index is 1160. The monoisotopic (exact) mass is 393 g/mol. The number of carbonyl (C=O) groups is 1. The summed E-state index contributed by atoms with van der Waals surface area (Å²) in [7, 11) is 0. The van der Waals surface area contributed by atoms with E-state index in [0.29, 0.717) is 34.5 Å². The third-order valence-electron chi connectivity index (χ3n) is 4.42. The van der Waals surface area contributed by atoms with E-state index in [1.807, 2.05) is 30.3 Å². The Morgan fingerprint density at radius 1 is 0.966 bits per heavy atom. The molecule has 0 atom stereocenters.